The summed E-state index contributed by atoms with van der Waals surface area (Å²) < 4.78 is 5.81. The van der Waals surface area contributed by atoms with Crippen molar-refractivity contribution in [2.45, 2.75) is 18.9 Å². The van der Waals surface area contributed by atoms with Crippen LogP contribution >= 0.6 is 0 Å². The zero-order chi connectivity index (χ0) is 18.8. The van der Waals surface area contributed by atoms with Crippen molar-refractivity contribution in [3.63, 3.8) is 0 Å². The molecule has 2 aliphatic heterocycles. The van der Waals surface area contributed by atoms with Crippen LogP contribution in [0, 0.1) is 0 Å². The Bertz CT molecular complexity index is 934. The zero-order valence-electron chi connectivity index (χ0n) is 16.0. The molecule has 2 aliphatic rings. The number of fused-ring (bicyclic) bond motifs is 1. The van der Waals surface area contributed by atoms with Gasteiger partial charge in [-0.15, -0.1) is 0 Å². The summed E-state index contributed by atoms with van der Waals surface area (Å²) in [6.45, 7) is 6.02. The summed E-state index contributed by atoms with van der Waals surface area (Å²) in [7, 11) is 0. The smallest absolute Gasteiger partial charge is 0.162 e. The van der Waals surface area contributed by atoms with Crippen molar-refractivity contribution >= 4 is 16.7 Å². The highest BCUT2D eigenvalue weighted by molar-refractivity contribution is 5.91. The minimum absolute atomic E-state index is 0.421. The van der Waals surface area contributed by atoms with E-state index in [0.29, 0.717) is 6.10 Å². The van der Waals surface area contributed by atoms with E-state index in [0.717, 1.165) is 67.4 Å². The number of benzene rings is 1. The quantitative estimate of drug-likeness (QED) is 0.699. The van der Waals surface area contributed by atoms with Crippen molar-refractivity contribution in [3.8, 4) is 11.4 Å². The minimum Gasteiger partial charge on any atom is -0.377 e. The lowest BCUT2D eigenvalue weighted by Crippen LogP contribution is -2.48. The van der Waals surface area contributed by atoms with E-state index in [2.05, 4.69) is 33.0 Å². The van der Waals surface area contributed by atoms with Crippen molar-refractivity contribution in [3.05, 3.63) is 48.8 Å². The van der Waals surface area contributed by atoms with E-state index in [9.17, 15) is 0 Å². The third-order valence-electron chi connectivity index (χ3n) is 5.68. The Labute approximate surface area is 165 Å². The average molecular weight is 375 g/mol. The highest BCUT2D eigenvalue weighted by atomic mass is 16.5. The molecule has 0 spiro atoms. The van der Waals surface area contributed by atoms with Gasteiger partial charge in [-0.1, -0.05) is 12.1 Å². The summed E-state index contributed by atoms with van der Waals surface area (Å²) >= 11 is 0. The maximum absolute atomic E-state index is 5.81. The molecule has 3 aromatic rings. The number of hydrogen-bond acceptors (Lipinski definition) is 6. The fraction of sp³-hybridized carbons (Fsp3) is 0.409. The lowest BCUT2D eigenvalue weighted by atomic mass is 10.1. The SMILES string of the molecule is c1ccc2c(N3CCN(C[C@H]4CCCO4)CC3)nc(-c3ccncc3)nc2c1. The number of nitrogens with zero attached hydrogens (tertiary/aromatic N) is 5. The second-order valence-electron chi connectivity index (χ2n) is 7.55. The standard InChI is InChI=1S/C22H25N5O/c1-2-6-20-19(5-1)22(25-21(24-20)17-7-9-23-10-8-17)27-13-11-26(12-14-27)16-18-4-3-15-28-18/h1-2,5-10,18H,3-4,11-16H2/t18-/m1/s1. The molecule has 2 fully saturated rings. The van der Waals surface area contributed by atoms with Crippen LogP contribution in [-0.4, -0.2) is 65.3 Å². The summed E-state index contributed by atoms with van der Waals surface area (Å²) in [6.07, 6.45) is 6.40. The van der Waals surface area contributed by atoms with Gasteiger partial charge in [0.15, 0.2) is 5.82 Å². The molecule has 0 N–H and O–H groups in total. The lowest BCUT2D eigenvalue weighted by molar-refractivity contribution is 0.0712. The van der Waals surface area contributed by atoms with E-state index >= 15 is 0 Å². The number of pyridine rings is 1. The Morgan fingerprint density at radius 3 is 2.57 bits per heavy atom. The van der Waals surface area contributed by atoms with Crippen LogP contribution in [0.5, 0.6) is 0 Å². The van der Waals surface area contributed by atoms with E-state index < -0.39 is 0 Å². The van der Waals surface area contributed by atoms with Gasteiger partial charge < -0.3 is 9.64 Å². The summed E-state index contributed by atoms with van der Waals surface area (Å²) in [5.41, 5.74) is 1.99. The molecular formula is C22H25N5O. The molecule has 1 aromatic carbocycles. The first kappa shape index (κ1) is 17.5. The number of aromatic nitrogens is 3. The number of para-hydroxylation sites is 1. The van der Waals surface area contributed by atoms with E-state index in [1.54, 1.807) is 12.4 Å². The molecule has 0 radical (unpaired) electrons. The van der Waals surface area contributed by atoms with Gasteiger partial charge in [-0.25, -0.2) is 9.97 Å². The van der Waals surface area contributed by atoms with Crippen molar-refractivity contribution in [1.82, 2.24) is 19.9 Å². The fourth-order valence-corrected chi connectivity index (χ4v) is 4.15. The van der Waals surface area contributed by atoms with Crippen LogP contribution in [-0.2, 0) is 4.74 Å². The molecule has 0 aliphatic carbocycles. The predicted octanol–water partition coefficient (Wildman–Crippen LogP) is 2.99. The number of ether oxygens (including phenoxy) is 1. The molecule has 0 unspecified atom stereocenters. The van der Waals surface area contributed by atoms with Crippen molar-refractivity contribution < 1.29 is 4.74 Å². The minimum atomic E-state index is 0.421. The first-order valence-electron chi connectivity index (χ1n) is 10.1. The van der Waals surface area contributed by atoms with Gasteiger partial charge in [0.2, 0.25) is 0 Å². The number of piperazine rings is 1. The molecule has 1 atom stereocenters. The lowest BCUT2D eigenvalue weighted by Gasteiger charge is -2.36. The van der Waals surface area contributed by atoms with Crippen molar-refractivity contribution in [2.75, 3.05) is 44.2 Å². The Morgan fingerprint density at radius 1 is 0.964 bits per heavy atom. The van der Waals surface area contributed by atoms with Crippen LogP contribution in [0.15, 0.2) is 48.8 Å². The molecule has 6 heteroatoms. The molecule has 0 saturated carbocycles. The van der Waals surface area contributed by atoms with Gasteiger partial charge in [-0.05, 0) is 37.1 Å². The highest BCUT2D eigenvalue weighted by Crippen LogP contribution is 2.28. The maximum Gasteiger partial charge on any atom is 0.162 e. The van der Waals surface area contributed by atoms with Crippen LogP contribution in [0.2, 0.25) is 0 Å². The number of anilines is 1. The largest absolute Gasteiger partial charge is 0.377 e. The van der Waals surface area contributed by atoms with Crippen molar-refractivity contribution in [2.24, 2.45) is 0 Å². The molecule has 4 heterocycles. The summed E-state index contributed by atoms with van der Waals surface area (Å²) in [4.78, 5) is 18.8. The van der Waals surface area contributed by atoms with Crippen LogP contribution in [0.4, 0.5) is 5.82 Å². The molecule has 0 amide bonds. The Hall–Kier alpha value is -2.57. The van der Waals surface area contributed by atoms with E-state index in [1.807, 2.05) is 18.2 Å². The van der Waals surface area contributed by atoms with Crippen LogP contribution in [0.25, 0.3) is 22.3 Å². The van der Waals surface area contributed by atoms with Gasteiger partial charge in [-0.3, -0.25) is 9.88 Å². The Kier molecular flexibility index (Phi) is 4.89. The van der Waals surface area contributed by atoms with Gasteiger partial charge in [0, 0.05) is 62.7 Å². The summed E-state index contributed by atoms with van der Waals surface area (Å²) in [6, 6.07) is 12.2. The zero-order valence-corrected chi connectivity index (χ0v) is 16.0. The first-order chi connectivity index (χ1) is 13.9. The normalized spacial score (nSPS) is 20.7. The molecule has 2 aromatic heterocycles. The second-order valence-corrected chi connectivity index (χ2v) is 7.55. The Morgan fingerprint density at radius 2 is 1.79 bits per heavy atom. The number of hydrogen-bond donors (Lipinski definition) is 0. The maximum atomic E-state index is 5.81. The van der Waals surface area contributed by atoms with E-state index in [4.69, 9.17) is 14.7 Å². The molecule has 0 bridgehead atoms. The van der Waals surface area contributed by atoms with Crippen molar-refractivity contribution in [1.29, 1.82) is 0 Å². The van der Waals surface area contributed by atoms with E-state index in [-0.39, 0.29) is 0 Å². The second kappa shape index (κ2) is 7.81. The molecule has 5 rings (SSSR count). The first-order valence-corrected chi connectivity index (χ1v) is 10.1. The van der Waals surface area contributed by atoms with Crippen LogP contribution in [0.1, 0.15) is 12.8 Å². The monoisotopic (exact) mass is 375 g/mol. The summed E-state index contributed by atoms with van der Waals surface area (Å²) in [5.74, 6) is 1.80. The van der Waals surface area contributed by atoms with Gasteiger partial charge in [0.05, 0.1) is 11.6 Å². The predicted molar refractivity (Wildman–Crippen MR) is 110 cm³/mol. The molecule has 6 nitrogen and oxygen atoms in total. The van der Waals surface area contributed by atoms with Gasteiger partial charge in [0.25, 0.3) is 0 Å². The average Bonchev–Trinajstić information content (AvgIpc) is 3.27. The Balaban J connectivity index is 1.40. The molecular weight excluding hydrogens is 350 g/mol. The summed E-state index contributed by atoms with van der Waals surface area (Å²) in [5, 5.41) is 1.12. The van der Waals surface area contributed by atoms with Crippen LogP contribution < -0.4 is 4.90 Å². The highest BCUT2D eigenvalue weighted by Gasteiger charge is 2.24. The van der Waals surface area contributed by atoms with Gasteiger partial charge in [-0.2, -0.15) is 0 Å². The number of rotatable bonds is 4. The van der Waals surface area contributed by atoms with Crippen LogP contribution in [0.3, 0.4) is 0 Å². The molecule has 2 saturated heterocycles. The fourth-order valence-electron chi connectivity index (χ4n) is 4.15. The molecule has 28 heavy (non-hydrogen) atoms. The van der Waals surface area contributed by atoms with Gasteiger partial charge >= 0.3 is 0 Å². The topological polar surface area (TPSA) is 54.4 Å². The molecule has 144 valence electrons. The van der Waals surface area contributed by atoms with Gasteiger partial charge in [0.1, 0.15) is 5.82 Å². The third kappa shape index (κ3) is 3.57. The third-order valence-corrected chi connectivity index (χ3v) is 5.68. The van der Waals surface area contributed by atoms with E-state index in [1.165, 1.54) is 12.8 Å².